The van der Waals surface area contributed by atoms with Gasteiger partial charge in [-0.15, -0.1) is 12.4 Å². The number of hydrogen-bond acceptors (Lipinski definition) is 4. The van der Waals surface area contributed by atoms with Crippen LogP contribution in [-0.2, 0) is 29.7 Å². The van der Waals surface area contributed by atoms with E-state index in [2.05, 4.69) is 15.7 Å². The highest BCUT2D eigenvalue weighted by Gasteiger charge is 2.34. The second-order valence-electron chi connectivity index (χ2n) is 6.24. The van der Waals surface area contributed by atoms with Crippen LogP contribution in [0.4, 0.5) is 0 Å². The lowest BCUT2D eigenvalue weighted by molar-refractivity contribution is -0.125. The predicted octanol–water partition coefficient (Wildman–Crippen LogP) is 1.61. The predicted molar refractivity (Wildman–Crippen MR) is 98.6 cm³/mol. The van der Waals surface area contributed by atoms with E-state index in [4.69, 9.17) is 4.74 Å². The first-order valence-corrected chi connectivity index (χ1v) is 8.21. The number of carbonyl (C=O) groups is 1. The largest absolute Gasteiger partial charge is 0.380 e. The van der Waals surface area contributed by atoms with Crippen molar-refractivity contribution in [2.24, 2.45) is 13.0 Å². The Kier molecular flexibility index (Phi) is 6.99. The summed E-state index contributed by atoms with van der Waals surface area (Å²) < 4.78 is 7.00. The maximum atomic E-state index is 12.7. The van der Waals surface area contributed by atoms with E-state index < -0.39 is 0 Å². The summed E-state index contributed by atoms with van der Waals surface area (Å²) in [4.78, 5) is 12.7. The SMILES string of the molecule is COCc1ccccc1CNC(=O)[C@H]1CNC[C@@H]1c1cnn(C)c1.Cl. The number of amides is 1. The second-order valence-corrected chi connectivity index (χ2v) is 6.24. The standard InChI is InChI=1S/C18H24N4O2.ClH/c1-22-11-15(8-21-22)16-9-19-10-17(16)18(23)20-7-13-5-3-4-6-14(13)12-24-2;/h3-6,8,11,16-17,19H,7,9-10,12H2,1-2H3,(H,20,23);1H/t16-,17+;/m1./s1. The maximum Gasteiger partial charge on any atom is 0.225 e. The first kappa shape index (κ1) is 19.4. The van der Waals surface area contributed by atoms with Crippen molar-refractivity contribution in [1.82, 2.24) is 20.4 Å². The number of halogens is 1. The molecule has 1 aliphatic rings. The third-order valence-electron chi connectivity index (χ3n) is 4.58. The fourth-order valence-corrected chi connectivity index (χ4v) is 3.28. The van der Waals surface area contributed by atoms with Crippen LogP contribution < -0.4 is 10.6 Å². The van der Waals surface area contributed by atoms with Gasteiger partial charge in [0.25, 0.3) is 0 Å². The molecule has 2 heterocycles. The molecule has 1 saturated heterocycles. The molecule has 25 heavy (non-hydrogen) atoms. The minimum absolute atomic E-state index is 0. The third-order valence-corrected chi connectivity index (χ3v) is 4.58. The van der Waals surface area contributed by atoms with Crippen LogP contribution in [-0.4, -0.2) is 35.9 Å². The van der Waals surface area contributed by atoms with E-state index in [9.17, 15) is 4.79 Å². The van der Waals surface area contributed by atoms with Crippen LogP contribution in [0.15, 0.2) is 36.7 Å². The Labute approximate surface area is 154 Å². The van der Waals surface area contributed by atoms with Crippen LogP contribution in [0.2, 0.25) is 0 Å². The molecular weight excluding hydrogens is 340 g/mol. The molecule has 2 aromatic rings. The monoisotopic (exact) mass is 364 g/mol. The first-order valence-electron chi connectivity index (χ1n) is 8.21. The van der Waals surface area contributed by atoms with Gasteiger partial charge < -0.3 is 15.4 Å². The highest BCUT2D eigenvalue weighted by molar-refractivity contribution is 5.85. The molecule has 1 aromatic heterocycles. The van der Waals surface area contributed by atoms with E-state index in [1.807, 2.05) is 43.7 Å². The summed E-state index contributed by atoms with van der Waals surface area (Å²) in [6.07, 6.45) is 3.84. The van der Waals surface area contributed by atoms with Crippen molar-refractivity contribution in [3.8, 4) is 0 Å². The number of aromatic nitrogens is 2. The fourth-order valence-electron chi connectivity index (χ4n) is 3.28. The van der Waals surface area contributed by atoms with Gasteiger partial charge in [-0.25, -0.2) is 0 Å². The normalized spacial score (nSPS) is 19.4. The molecule has 1 aromatic carbocycles. The van der Waals surface area contributed by atoms with E-state index in [1.165, 1.54) is 0 Å². The van der Waals surface area contributed by atoms with Crippen molar-refractivity contribution in [3.63, 3.8) is 0 Å². The number of aryl methyl sites for hydroxylation is 1. The van der Waals surface area contributed by atoms with Gasteiger partial charge in [-0.3, -0.25) is 9.48 Å². The summed E-state index contributed by atoms with van der Waals surface area (Å²) in [5.74, 6) is 0.192. The third kappa shape index (κ3) is 4.60. The van der Waals surface area contributed by atoms with E-state index in [0.29, 0.717) is 19.7 Å². The fraction of sp³-hybridized carbons (Fsp3) is 0.444. The summed E-state index contributed by atoms with van der Waals surface area (Å²) in [5, 5.41) is 10.6. The average molecular weight is 365 g/mol. The van der Waals surface area contributed by atoms with E-state index in [0.717, 1.165) is 23.2 Å². The molecule has 3 rings (SSSR count). The van der Waals surface area contributed by atoms with Gasteiger partial charge in [0.1, 0.15) is 0 Å². The topological polar surface area (TPSA) is 68.2 Å². The van der Waals surface area contributed by atoms with Crippen molar-refractivity contribution < 1.29 is 9.53 Å². The minimum atomic E-state index is -0.0659. The van der Waals surface area contributed by atoms with Crippen LogP contribution >= 0.6 is 12.4 Å². The molecule has 136 valence electrons. The van der Waals surface area contributed by atoms with Gasteiger partial charge in [-0.05, 0) is 16.7 Å². The molecule has 0 bridgehead atoms. The van der Waals surface area contributed by atoms with Crippen LogP contribution in [0, 0.1) is 5.92 Å². The summed E-state index contributed by atoms with van der Waals surface area (Å²) in [6, 6.07) is 8.02. The number of ether oxygens (including phenoxy) is 1. The zero-order chi connectivity index (χ0) is 16.9. The molecular formula is C18H25ClN4O2. The maximum absolute atomic E-state index is 12.7. The molecule has 0 spiro atoms. The van der Waals surface area contributed by atoms with Crippen molar-refractivity contribution in [2.75, 3.05) is 20.2 Å². The molecule has 1 fully saturated rings. The lowest BCUT2D eigenvalue weighted by Gasteiger charge is -2.18. The van der Waals surface area contributed by atoms with Crippen LogP contribution in [0.5, 0.6) is 0 Å². The number of rotatable bonds is 6. The van der Waals surface area contributed by atoms with Crippen molar-refractivity contribution in [3.05, 3.63) is 53.3 Å². The molecule has 1 aliphatic heterocycles. The number of benzene rings is 1. The van der Waals surface area contributed by atoms with E-state index >= 15 is 0 Å². The lowest BCUT2D eigenvalue weighted by atomic mass is 9.90. The zero-order valence-corrected chi connectivity index (χ0v) is 15.4. The molecule has 0 unspecified atom stereocenters. The Morgan fingerprint density at radius 3 is 2.80 bits per heavy atom. The Hall–Kier alpha value is -1.89. The average Bonchev–Trinajstić information content (AvgIpc) is 3.22. The van der Waals surface area contributed by atoms with Crippen LogP contribution in [0.25, 0.3) is 0 Å². The number of methoxy groups -OCH3 is 1. The molecule has 1 amide bonds. The van der Waals surface area contributed by atoms with Gasteiger partial charge >= 0.3 is 0 Å². The number of hydrogen-bond donors (Lipinski definition) is 2. The summed E-state index contributed by atoms with van der Waals surface area (Å²) in [7, 11) is 3.58. The second kappa shape index (κ2) is 8.99. The molecule has 0 aliphatic carbocycles. The van der Waals surface area contributed by atoms with Crippen molar-refractivity contribution in [2.45, 2.75) is 19.1 Å². The van der Waals surface area contributed by atoms with Gasteiger partial charge in [0.2, 0.25) is 5.91 Å². The van der Waals surface area contributed by atoms with Crippen LogP contribution in [0.3, 0.4) is 0 Å². The smallest absolute Gasteiger partial charge is 0.225 e. The summed E-state index contributed by atoms with van der Waals surface area (Å²) >= 11 is 0. The summed E-state index contributed by atoms with van der Waals surface area (Å²) in [6.45, 7) is 2.58. The van der Waals surface area contributed by atoms with Crippen molar-refractivity contribution in [1.29, 1.82) is 0 Å². The highest BCUT2D eigenvalue weighted by atomic mass is 35.5. The zero-order valence-electron chi connectivity index (χ0n) is 14.6. The minimum Gasteiger partial charge on any atom is -0.380 e. The Bertz CT molecular complexity index is 704. The lowest BCUT2D eigenvalue weighted by Crippen LogP contribution is -2.34. The van der Waals surface area contributed by atoms with Gasteiger partial charge in [-0.1, -0.05) is 24.3 Å². The first-order chi connectivity index (χ1) is 11.7. The number of carbonyl (C=O) groups excluding carboxylic acids is 1. The van der Waals surface area contributed by atoms with Gasteiger partial charge in [0, 0.05) is 45.9 Å². The molecule has 6 nitrogen and oxygen atoms in total. The van der Waals surface area contributed by atoms with Crippen LogP contribution in [0.1, 0.15) is 22.6 Å². The highest BCUT2D eigenvalue weighted by Crippen LogP contribution is 2.28. The van der Waals surface area contributed by atoms with Gasteiger partial charge in [0.15, 0.2) is 0 Å². The van der Waals surface area contributed by atoms with E-state index in [-0.39, 0.29) is 30.2 Å². The van der Waals surface area contributed by atoms with Gasteiger partial charge in [-0.2, -0.15) is 5.10 Å². The number of nitrogens with zero attached hydrogens (tertiary/aromatic N) is 2. The summed E-state index contributed by atoms with van der Waals surface area (Å²) in [5.41, 5.74) is 3.31. The molecule has 2 atom stereocenters. The molecule has 0 radical (unpaired) electrons. The van der Waals surface area contributed by atoms with Crippen molar-refractivity contribution >= 4 is 18.3 Å². The Morgan fingerprint density at radius 2 is 2.12 bits per heavy atom. The molecule has 0 saturated carbocycles. The van der Waals surface area contributed by atoms with Gasteiger partial charge in [0.05, 0.1) is 18.7 Å². The van der Waals surface area contributed by atoms with E-state index in [1.54, 1.807) is 11.8 Å². The Morgan fingerprint density at radius 1 is 1.36 bits per heavy atom. The molecule has 2 N–H and O–H groups in total. The molecule has 7 heteroatoms. The quantitative estimate of drug-likeness (QED) is 0.817. The number of nitrogens with one attached hydrogen (secondary N) is 2. The Balaban J connectivity index is 0.00000225.